The third-order valence-electron chi connectivity index (χ3n) is 3.82. The Morgan fingerprint density at radius 2 is 1.11 bits per heavy atom. The van der Waals surface area contributed by atoms with Crippen LogP contribution in [0.25, 0.3) is 0 Å². The quantitative estimate of drug-likeness (QED) is 0.300. The summed E-state index contributed by atoms with van der Waals surface area (Å²) in [5, 5.41) is 11.7. The Hall–Kier alpha value is -0.810. The van der Waals surface area contributed by atoms with E-state index in [0.717, 1.165) is 25.9 Å². The molecule has 0 unspecified atom stereocenters. The molecular weight excluding hydrogens is 358 g/mol. The highest BCUT2D eigenvalue weighted by molar-refractivity contribution is 5.66. The number of aliphatic carboxylic acids is 1. The highest BCUT2D eigenvalue weighted by Crippen LogP contribution is 2.06. The van der Waals surface area contributed by atoms with Crippen LogP contribution in [0.1, 0.15) is 19.3 Å². The lowest BCUT2D eigenvalue weighted by molar-refractivity contribution is -0.138. The number of ether oxygens (including phenoxy) is 6. The average molecular weight is 393 g/mol. The van der Waals surface area contributed by atoms with E-state index in [0.29, 0.717) is 72.2 Å². The van der Waals surface area contributed by atoms with Gasteiger partial charge in [-0.3, -0.25) is 4.79 Å². The largest absolute Gasteiger partial charge is 0.481 e. The predicted molar refractivity (Wildman–Crippen MR) is 98.2 cm³/mol. The zero-order valence-electron chi connectivity index (χ0n) is 16.2. The average Bonchev–Trinajstić information content (AvgIpc) is 2.67. The highest BCUT2D eigenvalue weighted by atomic mass is 16.6. The lowest BCUT2D eigenvalue weighted by Crippen LogP contribution is -2.33. The summed E-state index contributed by atoms with van der Waals surface area (Å²) in [6.07, 6.45) is 2.54. The summed E-state index contributed by atoms with van der Waals surface area (Å²) >= 11 is 0. The van der Waals surface area contributed by atoms with Gasteiger partial charge in [-0.15, -0.1) is 0 Å². The van der Waals surface area contributed by atoms with E-state index in [1.54, 1.807) is 0 Å². The molecule has 0 atom stereocenters. The Morgan fingerprint density at radius 1 is 0.704 bits per heavy atom. The molecule has 1 aliphatic rings. The molecule has 9 heteroatoms. The third kappa shape index (κ3) is 17.0. The Morgan fingerprint density at radius 3 is 1.56 bits per heavy atom. The first-order chi connectivity index (χ1) is 13.3. The Kier molecular flexibility index (Phi) is 16.6. The van der Waals surface area contributed by atoms with Gasteiger partial charge in [-0.1, -0.05) is 0 Å². The molecule has 0 aromatic carbocycles. The van der Waals surface area contributed by atoms with E-state index in [9.17, 15) is 4.79 Å². The third-order valence-corrected chi connectivity index (χ3v) is 3.82. The molecule has 1 heterocycles. The molecule has 0 aliphatic carbocycles. The molecule has 1 fully saturated rings. The molecule has 0 aromatic heterocycles. The number of piperidine rings is 1. The van der Waals surface area contributed by atoms with Crippen molar-refractivity contribution in [1.29, 1.82) is 0 Å². The molecular formula is C18H35NO8. The van der Waals surface area contributed by atoms with Gasteiger partial charge in [-0.2, -0.15) is 0 Å². The van der Waals surface area contributed by atoms with E-state index in [2.05, 4.69) is 5.32 Å². The summed E-state index contributed by atoms with van der Waals surface area (Å²) in [7, 11) is 0. The number of carboxylic acid groups (broad SMARTS) is 1. The smallest absolute Gasteiger partial charge is 0.305 e. The molecule has 1 rings (SSSR count). The van der Waals surface area contributed by atoms with Gasteiger partial charge in [0.2, 0.25) is 0 Å². The molecule has 9 nitrogen and oxygen atoms in total. The SMILES string of the molecule is O=C(O)CCOCCOCCOCCOCCOCCOC1CCNCC1. The number of hydrogen-bond donors (Lipinski definition) is 2. The first-order valence-electron chi connectivity index (χ1n) is 9.72. The summed E-state index contributed by atoms with van der Waals surface area (Å²) in [6, 6.07) is 0. The number of carbonyl (C=O) groups is 1. The standard InChI is InChI=1S/C18H35NO8/c20-18(21)3-6-22-7-8-23-9-10-24-11-12-25-13-14-26-15-16-27-17-1-4-19-5-2-17/h17,19H,1-16H2,(H,20,21). The maximum Gasteiger partial charge on any atom is 0.305 e. The van der Waals surface area contributed by atoms with Crippen LogP contribution >= 0.6 is 0 Å². The second kappa shape index (κ2) is 18.5. The Bertz CT molecular complexity index is 339. The summed E-state index contributed by atoms with van der Waals surface area (Å²) in [5.74, 6) is -0.861. The Labute approximate surface area is 161 Å². The van der Waals surface area contributed by atoms with Gasteiger partial charge >= 0.3 is 5.97 Å². The van der Waals surface area contributed by atoms with Gasteiger partial charge in [0.15, 0.2) is 0 Å². The molecule has 0 amide bonds. The zero-order chi connectivity index (χ0) is 19.4. The topological polar surface area (TPSA) is 105 Å². The van der Waals surface area contributed by atoms with Crippen LogP contribution in [0.4, 0.5) is 0 Å². The van der Waals surface area contributed by atoms with Crippen LogP contribution in [0.15, 0.2) is 0 Å². The van der Waals surface area contributed by atoms with Crippen molar-refractivity contribution in [3.8, 4) is 0 Å². The Balaban J connectivity index is 1.66. The second-order valence-corrected chi connectivity index (χ2v) is 6.03. The van der Waals surface area contributed by atoms with Crippen molar-refractivity contribution in [2.75, 3.05) is 85.8 Å². The van der Waals surface area contributed by atoms with Crippen LogP contribution in [-0.4, -0.2) is 103 Å². The number of rotatable bonds is 19. The first-order valence-corrected chi connectivity index (χ1v) is 9.72. The van der Waals surface area contributed by atoms with Crippen molar-refractivity contribution < 1.29 is 38.3 Å². The van der Waals surface area contributed by atoms with E-state index in [1.165, 1.54) is 0 Å². The van der Waals surface area contributed by atoms with Gasteiger partial charge in [-0.05, 0) is 25.9 Å². The molecule has 1 saturated heterocycles. The molecule has 0 radical (unpaired) electrons. The maximum absolute atomic E-state index is 10.3. The van der Waals surface area contributed by atoms with Crippen molar-refractivity contribution in [3.63, 3.8) is 0 Å². The van der Waals surface area contributed by atoms with Crippen LogP contribution in [0.5, 0.6) is 0 Å². The lowest BCUT2D eigenvalue weighted by Gasteiger charge is -2.22. The van der Waals surface area contributed by atoms with E-state index in [1.807, 2.05) is 0 Å². The summed E-state index contributed by atoms with van der Waals surface area (Å²) in [6.45, 7) is 7.43. The van der Waals surface area contributed by atoms with Gasteiger partial charge < -0.3 is 38.8 Å². The molecule has 1 aliphatic heterocycles. The summed E-state index contributed by atoms with van der Waals surface area (Å²) in [5.41, 5.74) is 0. The minimum absolute atomic E-state index is 0.0142. The van der Waals surface area contributed by atoms with Gasteiger partial charge in [0.1, 0.15) is 0 Å². The molecule has 0 aromatic rings. The minimum Gasteiger partial charge on any atom is -0.481 e. The summed E-state index contributed by atoms with van der Waals surface area (Å²) < 4.78 is 32.4. The van der Waals surface area contributed by atoms with Crippen LogP contribution in [0.3, 0.4) is 0 Å². The molecule has 0 spiro atoms. The van der Waals surface area contributed by atoms with Gasteiger partial charge in [0.25, 0.3) is 0 Å². The van der Waals surface area contributed by atoms with Gasteiger partial charge in [-0.25, -0.2) is 0 Å². The maximum atomic E-state index is 10.3. The molecule has 0 saturated carbocycles. The fourth-order valence-corrected chi connectivity index (χ4v) is 2.38. The van der Waals surface area contributed by atoms with Crippen LogP contribution in [0, 0.1) is 0 Å². The number of carboxylic acids is 1. The highest BCUT2D eigenvalue weighted by Gasteiger charge is 2.12. The molecule has 2 N–H and O–H groups in total. The fourth-order valence-electron chi connectivity index (χ4n) is 2.38. The van der Waals surface area contributed by atoms with Gasteiger partial charge in [0, 0.05) is 0 Å². The lowest BCUT2D eigenvalue weighted by atomic mass is 10.1. The molecule has 160 valence electrons. The van der Waals surface area contributed by atoms with Gasteiger partial charge in [0.05, 0.1) is 85.2 Å². The first kappa shape index (κ1) is 24.2. The van der Waals surface area contributed by atoms with Crippen molar-refractivity contribution in [3.05, 3.63) is 0 Å². The van der Waals surface area contributed by atoms with Crippen LogP contribution in [-0.2, 0) is 33.2 Å². The normalized spacial score (nSPS) is 15.3. The van der Waals surface area contributed by atoms with Crippen molar-refractivity contribution >= 4 is 5.97 Å². The predicted octanol–water partition coefficient (Wildman–Crippen LogP) is 0.313. The van der Waals surface area contributed by atoms with E-state index >= 15 is 0 Å². The summed E-state index contributed by atoms with van der Waals surface area (Å²) in [4.78, 5) is 10.3. The second-order valence-electron chi connectivity index (χ2n) is 6.03. The fraction of sp³-hybridized carbons (Fsp3) is 0.944. The van der Waals surface area contributed by atoms with E-state index < -0.39 is 5.97 Å². The van der Waals surface area contributed by atoms with Crippen molar-refractivity contribution in [2.24, 2.45) is 0 Å². The number of hydrogen-bond acceptors (Lipinski definition) is 8. The monoisotopic (exact) mass is 393 g/mol. The molecule has 0 bridgehead atoms. The molecule has 27 heavy (non-hydrogen) atoms. The van der Waals surface area contributed by atoms with Crippen molar-refractivity contribution in [2.45, 2.75) is 25.4 Å². The van der Waals surface area contributed by atoms with Crippen molar-refractivity contribution in [1.82, 2.24) is 5.32 Å². The minimum atomic E-state index is -0.861. The van der Waals surface area contributed by atoms with E-state index in [-0.39, 0.29) is 13.0 Å². The zero-order valence-corrected chi connectivity index (χ0v) is 16.2. The van der Waals surface area contributed by atoms with Crippen LogP contribution in [0.2, 0.25) is 0 Å². The number of nitrogens with one attached hydrogen (secondary N) is 1. The van der Waals surface area contributed by atoms with E-state index in [4.69, 9.17) is 33.5 Å². The van der Waals surface area contributed by atoms with Crippen LogP contribution < -0.4 is 5.32 Å².